The summed E-state index contributed by atoms with van der Waals surface area (Å²) in [5.74, 6) is -0.451. The van der Waals surface area contributed by atoms with E-state index in [-0.39, 0.29) is 12.4 Å². The van der Waals surface area contributed by atoms with E-state index in [9.17, 15) is 4.79 Å². The van der Waals surface area contributed by atoms with Crippen LogP contribution in [0.1, 0.15) is 15.5 Å². The summed E-state index contributed by atoms with van der Waals surface area (Å²) in [6.45, 7) is 1.82. The van der Waals surface area contributed by atoms with Crippen LogP contribution < -0.4 is 5.73 Å². The summed E-state index contributed by atoms with van der Waals surface area (Å²) in [6.07, 6.45) is 0. The monoisotopic (exact) mass is 178 g/mol. The van der Waals surface area contributed by atoms with Gasteiger partial charge in [-0.2, -0.15) is 0 Å². The topological polar surface area (TPSA) is 56.0 Å². The molecule has 0 spiro atoms. The minimum atomic E-state index is -0.451. The number of halogens is 1. The van der Waals surface area contributed by atoms with Crippen molar-refractivity contribution < 1.29 is 4.79 Å². The molecular formula is C5H7ClN2OS. The second kappa shape index (κ2) is 3.53. The third-order valence-electron chi connectivity index (χ3n) is 0.830. The summed E-state index contributed by atoms with van der Waals surface area (Å²) in [4.78, 5) is 14.2. The molecule has 2 N–H and O–H groups in total. The van der Waals surface area contributed by atoms with E-state index in [2.05, 4.69) is 4.98 Å². The Balaban J connectivity index is 0.000000810. The van der Waals surface area contributed by atoms with Gasteiger partial charge in [-0.25, -0.2) is 4.98 Å². The minimum Gasteiger partial charge on any atom is -0.364 e. The standard InChI is InChI=1S/C5H6N2OS.ClH/c1-3-2-9-5(7-3)4(6)8;/h2H,1H3,(H2,6,8);1H. The molecule has 0 aromatic carbocycles. The molecule has 0 aliphatic rings. The van der Waals surface area contributed by atoms with Gasteiger partial charge in [-0.1, -0.05) is 0 Å². The molecule has 1 heterocycles. The van der Waals surface area contributed by atoms with Gasteiger partial charge in [0.25, 0.3) is 5.91 Å². The Bertz CT molecular complexity index is 235. The van der Waals surface area contributed by atoms with Gasteiger partial charge in [0.2, 0.25) is 0 Å². The van der Waals surface area contributed by atoms with E-state index in [1.807, 2.05) is 6.92 Å². The van der Waals surface area contributed by atoms with Crippen molar-refractivity contribution in [2.75, 3.05) is 0 Å². The highest BCUT2D eigenvalue weighted by atomic mass is 35.5. The third-order valence-corrected chi connectivity index (χ3v) is 1.80. The van der Waals surface area contributed by atoms with Crippen molar-refractivity contribution in [3.8, 4) is 0 Å². The van der Waals surface area contributed by atoms with Crippen molar-refractivity contribution in [2.24, 2.45) is 5.73 Å². The molecule has 5 heteroatoms. The smallest absolute Gasteiger partial charge is 0.277 e. The first kappa shape index (κ1) is 9.39. The largest absolute Gasteiger partial charge is 0.364 e. The fourth-order valence-electron chi connectivity index (χ4n) is 0.467. The number of nitrogens with zero attached hydrogens (tertiary/aromatic N) is 1. The highest BCUT2D eigenvalue weighted by Crippen LogP contribution is 2.06. The van der Waals surface area contributed by atoms with Gasteiger partial charge in [-0.15, -0.1) is 23.7 Å². The third kappa shape index (κ3) is 1.97. The number of rotatable bonds is 1. The molecule has 0 radical (unpaired) electrons. The number of aryl methyl sites for hydroxylation is 1. The second-order valence-electron chi connectivity index (χ2n) is 1.66. The zero-order valence-electron chi connectivity index (χ0n) is 5.33. The molecule has 0 unspecified atom stereocenters. The Kier molecular flexibility index (Phi) is 3.32. The van der Waals surface area contributed by atoms with E-state index in [0.29, 0.717) is 5.01 Å². The average molecular weight is 179 g/mol. The van der Waals surface area contributed by atoms with Crippen molar-refractivity contribution in [1.29, 1.82) is 0 Å². The van der Waals surface area contributed by atoms with Crippen LogP contribution in [0.2, 0.25) is 0 Å². The first-order chi connectivity index (χ1) is 4.20. The molecule has 0 aliphatic heterocycles. The zero-order valence-corrected chi connectivity index (χ0v) is 6.96. The van der Waals surface area contributed by atoms with Gasteiger partial charge in [-0.3, -0.25) is 4.79 Å². The number of hydrogen-bond acceptors (Lipinski definition) is 3. The van der Waals surface area contributed by atoms with E-state index in [0.717, 1.165) is 5.69 Å². The maximum absolute atomic E-state index is 10.4. The van der Waals surface area contributed by atoms with Crippen LogP contribution in [0.25, 0.3) is 0 Å². The van der Waals surface area contributed by atoms with Crippen LogP contribution in [-0.4, -0.2) is 10.9 Å². The first-order valence-corrected chi connectivity index (χ1v) is 3.30. The van der Waals surface area contributed by atoms with Gasteiger partial charge < -0.3 is 5.73 Å². The number of thiazole rings is 1. The van der Waals surface area contributed by atoms with Crippen LogP contribution in [0.5, 0.6) is 0 Å². The molecule has 0 atom stereocenters. The van der Waals surface area contributed by atoms with Gasteiger partial charge in [0.05, 0.1) is 0 Å². The summed E-state index contributed by atoms with van der Waals surface area (Å²) in [5, 5.41) is 2.17. The molecule has 1 amide bonds. The Morgan fingerprint density at radius 2 is 2.40 bits per heavy atom. The van der Waals surface area contributed by atoms with Crippen LogP contribution in [0.15, 0.2) is 5.38 Å². The number of hydrogen-bond donors (Lipinski definition) is 1. The first-order valence-electron chi connectivity index (χ1n) is 2.42. The highest BCUT2D eigenvalue weighted by molar-refractivity contribution is 7.11. The maximum Gasteiger partial charge on any atom is 0.277 e. The molecule has 0 aliphatic carbocycles. The Labute approximate surface area is 68.7 Å². The van der Waals surface area contributed by atoms with Gasteiger partial charge in [-0.05, 0) is 6.92 Å². The molecule has 56 valence electrons. The fraction of sp³-hybridized carbons (Fsp3) is 0.200. The summed E-state index contributed by atoms with van der Waals surface area (Å²) >= 11 is 1.27. The molecule has 0 saturated carbocycles. The highest BCUT2D eigenvalue weighted by Gasteiger charge is 2.02. The van der Waals surface area contributed by atoms with E-state index in [4.69, 9.17) is 5.73 Å². The fourth-order valence-corrected chi connectivity index (χ4v) is 1.11. The van der Waals surface area contributed by atoms with Crippen LogP contribution in [0.3, 0.4) is 0 Å². The average Bonchev–Trinajstić information content (AvgIpc) is 2.14. The van der Waals surface area contributed by atoms with Gasteiger partial charge in [0.1, 0.15) is 0 Å². The molecule has 1 rings (SSSR count). The molecule has 0 saturated heterocycles. The van der Waals surface area contributed by atoms with Crippen LogP contribution >= 0.6 is 23.7 Å². The van der Waals surface area contributed by atoms with Gasteiger partial charge in [0.15, 0.2) is 5.01 Å². The normalized spacial score (nSPS) is 8.50. The number of amides is 1. The van der Waals surface area contributed by atoms with E-state index >= 15 is 0 Å². The molecule has 1 aromatic rings. The molecule has 10 heavy (non-hydrogen) atoms. The van der Waals surface area contributed by atoms with Crippen molar-refractivity contribution in [3.63, 3.8) is 0 Å². The number of carbonyl (C=O) groups excluding carboxylic acids is 1. The quantitative estimate of drug-likeness (QED) is 0.697. The van der Waals surface area contributed by atoms with Crippen molar-refractivity contribution >= 4 is 29.7 Å². The van der Waals surface area contributed by atoms with Crippen molar-refractivity contribution in [3.05, 3.63) is 16.1 Å². The lowest BCUT2D eigenvalue weighted by Gasteiger charge is -1.80. The predicted octanol–water partition coefficient (Wildman–Crippen LogP) is 0.972. The molecule has 0 bridgehead atoms. The molecule has 0 fully saturated rings. The van der Waals surface area contributed by atoms with Crippen molar-refractivity contribution in [2.45, 2.75) is 6.92 Å². The van der Waals surface area contributed by atoms with Crippen molar-refractivity contribution in [1.82, 2.24) is 4.98 Å². The number of nitrogens with two attached hydrogens (primary N) is 1. The summed E-state index contributed by atoms with van der Waals surface area (Å²) < 4.78 is 0. The van der Waals surface area contributed by atoms with E-state index in [1.54, 1.807) is 5.38 Å². The van der Waals surface area contributed by atoms with E-state index < -0.39 is 5.91 Å². The van der Waals surface area contributed by atoms with Gasteiger partial charge >= 0.3 is 0 Å². The van der Waals surface area contributed by atoms with E-state index in [1.165, 1.54) is 11.3 Å². The number of primary amides is 1. The summed E-state index contributed by atoms with van der Waals surface area (Å²) in [6, 6.07) is 0. The second-order valence-corrected chi connectivity index (χ2v) is 2.52. The lowest BCUT2D eigenvalue weighted by molar-refractivity contribution is 0.1000. The molecule has 3 nitrogen and oxygen atoms in total. The summed E-state index contributed by atoms with van der Waals surface area (Å²) in [7, 11) is 0. The van der Waals surface area contributed by atoms with Crippen LogP contribution in [0, 0.1) is 6.92 Å². The Hall–Kier alpha value is -0.610. The Morgan fingerprint density at radius 1 is 1.80 bits per heavy atom. The van der Waals surface area contributed by atoms with Crippen LogP contribution in [-0.2, 0) is 0 Å². The lowest BCUT2D eigenvalue weighted by atomic mass is 10.6. The van der Waals surface area contributed by atoms with Crippen LogP contribution in [0.4, 0.5) is 0 Å². The lowest BCUT2D eigenvalue weighted by Crippen LogP contribution is -2.10. The minimum absolute atomic E-state index is 0. The maximum atomic E-state index is 10.4. The zero-order chi connectivity index (χ0) is 6.85. The molecule has 1 aromatic heterocycles. The Morgan fingerprint density at radius 3 is 2.60 bits per heavy atom. The van der Waals surface area contributed by atoms with Gasteiger partial charge in [0, 0.05) is 11.1 Å². The predicted molar refractivity (Wildman–Crippen MR) is 42.6 cm³/mol. The number of carbonyl (C=O) groups is 1. The molecular weight excluding hydrogens is 172 g/mol. The SMILES string of the molecule is Cc1csc(C(N)=O)n1.Cl. The summed E-state index contributed by atoms with van der Waals surface area (Å²) in [5.41, 5.74) is 5.78. The number of aromatic nitrogens is 1.